The predicted octanol–water partition coefficient (Wildman–Crippen LogP) is -8.40. The van der Waals surface area contributed by atoms with E-state index in [1.165, 1.54) is 13.8 Å². The van der Waals surface area contributed by atoms with Crippen LogP contribution in [0, 0.1) is 5.92 Å². The van der Waals surface area contributed by atoms with Crippen LogP contribution in [0.2, 0.25) is 0 Å². The molecule has 0 aromatic heterocycles. The molecule has 1 aliphatic rings. The number of hydrogen-bond donors (Lipinski definition) is 18. The summed E-state index contributed by atoms with van der Waals surface area (Å²) in [5, 5.41) is 46.2. The molecule has 1 heterocycles. The lowest BCUT2D eigenvalue weighted by atomic mass is 10.00. The summed E-state index contributed by atoms with van der Waals surface area (Å²) in [6.45, 7) is 4.59. The van der Waals surface area contributed by atoms with E-state index >= 15 is 0 Å². The molecule has 24 N–H and O–H groups in total. The molecule has 0 unspecified atom stereocenters. The Labute approximate surface area is 430 Å². The van der Waals surface area contributed by atoms with Crippen LogP contribution in [0.5, 0.6) is 0 Å². The minimum absolute atomic E-state index is 0.0531. The molecule has 0 radical (unpaired) electrons. The second-order valence-corrected chi connectivity index (χ2v) is 18.4. The van der Waals surface area contributed by atoms with E-state index in [1.807, 2.05) is 0 Å². The first kappa shape index (κ1) is 63.7. The first-order valence-electron chi connectivity index (χ1n) is 24.7. The van der Waals surface area contributed by atoms with Crippen molar-refractivity contribution in [2.45, 2.75) is 145 Å². The summed E-state index contributed by atoms with van der Waals surface area (Å²) < 4.78 is 0. The number of carbonyl (C=O) groups is 10. The van der Waals surface area contributed by atoms with Gasteiger partial charge in [-0.1, -0.05) is 44.2 Å². The van der Waals surface area contributed by atoms with Gasteiger partial charge >= 0.3 is 0 Å². The number of hydrogen-bond acceptors (Lipinski definition) is 18. The standard InChI is InChI=1S/C46H80N16O12/c1-23(2)20-33-43(71)56-28(10-15-47)38(66)55-31(13-18-50)42(70)62-35(24(3)63)45(73)53-19-14-32(57-39(67)30(12-17-49)58-46(74)36(25(4)64)61-37(65)27(52)22-51)41(69)54-29(11-16-48)40(68)60-34(44(72)59-33)21-26-8-6-5-7-9-26/h5-9,23-25,27-36,63-64H,10-22,47-52H2,1-4H3,(H,53,73)(H,54,69)(H,55,66)(H,56,71)(H,57,67)(H,58,74)(H,59,72)(H,60,68)(H,61,65)(H,62,70)/t24-,25-,27+,28+,29+,30+,31+,32+,33+,34-,35+,36+/m1/s1. The maximum Gasteiger partial charge on any atom is 0.245 e. The van der Waals surface area contributed by atoms with Gasteiger partial charge in [-0.25, -0.2) is 0 Å². The highest BCUT2D eigenvalue weighted by atomic mass is 16.3. The van der Waals surface area contributed by atoms with Crippen molar-refractivity contribution >= 4 is 59.1 Å². The Balaban J connectivity index is 2.75. The Morgan fingerprint density at radius 2 is 1.09 bits per heavy atom. The lowest BCUT2D eigenvalue weighted by Gasteiger charge is -2.28. The number of benzene rings is 1. The fraction of sp³-hybridized carbons (Fsp3) is 0.652. The molecule has 28 nitrogen and oxygen atoms in total. The molecule has 1 aliphatic heterocycles. The Morgan fingerprint density at radius 3 is 1.58 bits per heavy atom. The summed E-state index contributed by atoms with van der Waals surface area (Å²) in [5.41, 5.74) is 35.1. The van der Waals surface area contributed by atoms with E-state index in [1.54, 1.807) is 44.2 Å². The van der Waals surface area contributed by atoms with Gasteiger partial charge in [-0.3, -0.25) is 47.9 Å². The number of amides is 10. The molecule has 10 amide bonds. The van der Waals surface area contributed by atoms with Gasteiger partial charge in [-0.15, -0.1) is 0 Å². The molecule has 12 atom stereocenters. The van der Waals surface area contributed by atoms with Gasteiger partial charge in [0.2, 0.25) is 59.1 Å². The number of nitrogens with two attached hydrogens (primary N) is 6. The van der Waals surface area contributed by atoms with Gasteiger partial charge in [0, 0.05) is 19.5 Å². The largest absolute Gasteiger partial charge is 0.391 e. The molecule has 0 aliphatic carbocycles. The van der Waals surface area contributed by atoms with Crippen LogP contribution in [0.1, 0.15) is 71.8 Å². The summed E-state index contributed by atoms with van der Waals surface area (Å²) in [4.78, 5) is 138. The Hall–Kier alpha value is -6.40. The molecule has 74 heavy (non-hydrogen) atoms. The van der Waals surface area contributed by atoms with Crippen molar-refractivity contribution in [1.29, 1.82) is 0 Å². The van der Waals surface area contributed by atoms with E-state index in [0.29, 0.717) is 5.56 Å². The van der Waals surface area contributed by atoms with Crippen LogP contribution in [-0.2, 0) is 54.4 Å². The molecule has 2 rings (SSSR count). The molecule has 0 saturated carbocycles. The normalized spacial score (nSPS) is 24.2. The maximum atomic E-state index is 14.3. The molecule has 0 spiro atoms. The smallest absolute Gasteiger partial charge is 0.245 e. The lowest BCUT2D eigenvalue weighted by molar-refractivity contribution is -0.136. The Morgan fingerprint density at radius 1 is 0.608 bits per heavy atom. The van der Waals surface area contributed by atoms with Crippen LogP contribution in [0.15, 0.2) is 30.3 Å². The van der Waals surface area contributed by atoms with Crippen LogP contribution >= 0.6 is 0 Å². The zero-order valence-corrected chi connectivity index (χ0v) is 42.5. The lowest BCUT2D eigenvalue weighted by Crippen LogP contribution is -2.62. The molecular weight excluding hydrogens is 969 g/mol. The number of aliphatic hydroxyl groups excluding tert-OH is 2. The molecule has 1 aromatic rings. The summed E-state index contributed by atoms with van der Waals surface area (Å²) in [5.74, 6) is -9.47. The molecule has 416 valence electrons. The van der Waals surface area contributed by atoms with Crippen LogP contribution in [0.3, 0.4) is 0 Å². The van der Waals surface area contributed by atoms with Crippen LogP contribution in [0.25, 0.3) is 0 Å². The van der Waals surface area contributed by atoms with Crippen molar-refractivity contribution in [3.8, 4) is 0 Å². The minimum Gasteiger partial charge on any atom is -0.391 e. The van der Waals surface area contributed by atoms with Crippen molar-refractivity contribution < 1.29 is 58.2 Å². The SMILES string of the molecule is CC(C)C[C@@H]1NC(=O)[C@@H](Cc2ccccc2)NC(=O)[C@H](CCN)NC(=O)[C@@H](NC(=O)[C@H](CCN)NC(=O)[C@@H](NC(=O)[C@@H](N)CN)[C@@H](C)O)CCNC(=O)[C@H]([C@@H](C)O)NC(=O)[C@H](CCN)NC(=O)[C@H](CCN)NC1=O. The van der Waals surface area contributed by atoms with Crippen molar-refractivity contribution in [2.75, 3.05) is 39.3 Å². The van der Waals surface area contributed by atoms with Gasteiger partial charge in [0.1, 0.15) is 54.4 Å². The van der Waals surface area contributed by atoms with Gasteiger partial charge in [-0.05, 0) is 90.0 Å². The summed E-state index contributed by atoms with van der Waals surface area (Å²) in [6, 6.07) is -6.06. The average Bonchev–Trinajstić information content (AvgIpc) is 3.34. The van der Waals surface area contributed by atoms with Gasteiger partial charge in [0.05, 0.1) is 18.2 Å². The first-order valence-corrected chi connectivity index (χ1v) is 24.7. The van der Waals surface area contributed by atoms with E-state index in [9.17, 15) is 58.2 Å². The number of aliphatic hydroxyl groups is 2. The third kappa shape index (κ3) is 21.2. The van der Waals surface area contributed by atoms with Gasteiger partial charge < -0.3 is 97.8 Å². The predicted molar refractivity (Wildman–Crippen MR) is 270 cm³/mol. The zero-order valence-electron chi connectivity index (χ0n) is 42.5. The van der Waals surface area contributed by atoms with Crippen LogP contribution in [-0.4, -0.2) is 181 Å². The molecule has 1 saturated heterocycles. The minimum atomic E-state index is -1.67. The van der Waals surface area contributed by atoms with Crippen molar-refractivity contribution in [1.82, 2.24) is 53.2 Å². The van der Waals surface area contributed by atoms with E-state index in [0.717, 1.165) is 0 Å². The number of rotatable bonds is 21. The van der Waals surface area contributed by atoms with Gasteiger partial charge in [-0.2, -0.15) is 0 Å². The van der Waals surface area contributed by atoms with Crippen LogP contribution < -0.4 is 87.6 Å². The zero-order chi connectivity index (χ0) is 55.7. The monoisotopic (exact) mass is 1050 g/mol. The number of carbonyl (C=O) groups excluding carboxylic acids is 10. The van der Waals surface area contributed by atoms with E-state index < -0.39 is 145 Å². The fourth-order valence-corrected chi connectivity index (χ4v) is 7.55. The quantitative estimate of drug-likeness (QED) is 0.0544. The highest BCUT2D eigenvalue weighted by molar-refractivity contribution is 5.99. The number of nitrogens with one attached hydrogen (secondary N) is 10. The first-order chi connectivity index (χ1) is 35.0. The molecule has 0 bridgehead atoms. The maximum absolute atomic E-state index is 14.3. The van der Waals surface area contributed by atoms with Gasteiger partial charge in [0.15, 0.2) is 0 Å². The summed E-state index contributed by atoms with van der Waals surface area (Å²) >= 11 is 0. The van der Waals surface area contributed by atoms with E-state index in [4.69, 9.17) is 34.4 Å². The average molecular weight is 1050 g/mol. The Kier molecular flexibility index (Phi) is 28.2. The fourth-order valence-electron chi connectivity index (χ4n) is 7.55. The topological polar surface area (TPSA) is 488 Å². The summed E-state index contributed by atoms with van der Waals surface area (Å²) in [6.07, 6.45) is -4.31. The van der Waals surface area contributed by atoms with Crippen LogP contribution in [0.4, 0.5) is 0 Å². The van der Waals surface area contributed by atoms with Crippen molar-refractivity contribution in [3.05, 3.63) is 35.9 Å². The molecular formula is C46H80N16O12. The second kappa shape index (κ2) is 32.7. The highest BCUT2D eigenvalue weighted by Gasteiger charge is 2.37. The molecule has 28 heteroatoms. The third-order valence-corrected chi connectivity index (χ3v) is 11.7. The summed E-state index contributed by atoms with van der Waals surface area (Å²) in [7, 11) is 0. The van der Waals surface area contributed by atoms with Crippen molar-refractivity contribution in [3.63, 3.8) is 0 Å². The van der Waals surface area contributed by atoms with Gasteiger partial charge in [0.25, 0.3) is 0 Å². The molecule has 1 fully saturated rings. The van der Waals surface area contributed by atoms with E-state index in [-0.39, 0.29) is 77.2 Å². The molecule has 1 aromatic carbocycles. The second-order valence-electron chi connectivity index (χ2n) is 18.4. The van der Waals surface area contributed by atoms with Crippen molar-refractivity contribution in [2.24, 2.45) is 40.3 Å². The highest BCUT2D eigenvalue weighted by Crippen LogP contribution is 2.11. The van der Waals surface area contributed by atoms with E-state index in [2.05, 4.69) is 53.2 Å². The third-order valence-electron chi connectivity index (χ3n) is 11.7. The Bertz CT molecular complexity index is 2030.